The zero-order valence-electron chi connectivity index (χ0n) is 18.2. The number of nitrogens with zero attached hydrogens (tertiary/aromatic N) is 4. The number of benzene rings is 2. The Kier molecular flexibility index (Phi) is 5.05. The fourth-order valence-corrected chi connectivity index (χ4v) is 4.11. The van der Waals surface area contributed by atoms with Gasteiger partial charge in [0.1, 0.15) is 11.5 Å². The first-order valence-corrected chi connectivity index (χ1v) is 10.3. The van der Waals surface area contributed by atoms with Crippen molar-refractivity contribution < 1.29 is 31.1 Å². The second-order valence-electron chi connectivity index (χ2n) is 7.98. The van der Waals surface area contributed by atoms with Gasteiger partial charge in [0, 0.05) is 28.2 Å². The first kappa shape index (κ1) is 23.3. The maximum Gasteiger partial charge on any atom is 0.434 e. The molecule has 3 N–H and O–H groups in total. The van der Waals surface area contributed by atoms with Gasteiger partial charge < -0.3 is 11.1 Å². The topological polar surface area (TPSA) is 98.2 Å². The number of aryl methyl sites for hydroxylation is 1. The molecule has 1 amide bonds. The number of amidine groups is 1. The third-order valence-electron chi connectivity index (χ3n) is 5.63. The highest BCUT2D eigenvalue weighted by Crippen LogP contribution is 2.42. The Morgan fingerprint density at radius 2 is 1.81 bits per heavy atom. The molecule has 3 heterocycles. The quantitative estimate of drug-likeness (QED) is 0.367. The molecule has 7 nitrogen and oxygen atoms in total. The Bertz CT molecular complexity index is 1580. The van der Waals surface area contributed by atoms with Crippen LogP contribution in [0.4, 0.5) is 37.7 Å². The number of nitrogens with one attached hydrogen (secondary N) is 1. The Morgan fingerprint density at radius 1 is 1.06 bits per heavy atom. The number of rotatable bonds is 3. The molecule has 0 saturated heterocycles. The average molecular weight is 504 g/mol. The number of carbonyl (C=O) groups excluding carboxylic acids is 1. The fraction of sp³-hybridized carbons (Fsp3) is 0.130. The van der Waals surface area contributed by atoms with Crippen molar-refractivity contribution in [2.24, 2.45) is 10.7 Å². The highest BCUT2D eigenvalue weighted by atomic mass is 19.4. The maximum absolute atomic E-state index is 14.2. The second-order valence-corrected chi connectivity index (χ2v) is 7.98. The van der Waals surface area contributed by atoms with Crippen molar-refractivity contribution in [2.45, 2.75) is 19.3 Å². The predicted molar refractivity (Wildman–Crippen MR) is 118 cm³/mol. The van der Waals surface area contributed by atoms with Crippen LogP contribution in [0.25, 0.3) is 16.5 Å². The van der Waals surface area contributed by atoms with E-state index in [1.54, 1.807) is 25.1 Å². The highest BCUT2D eigenvalue weighted by molar-refractivity contribution is 6.20. The van der Waals surface area contributed by atoms with Crippen molar-refractivity contribution in [3.05, 3.63) is 76.9 Å². The molecule has 184 valence electrons. The van der Waals surface area contributed by atoms with E-state index in [4.69, 9.17) is 5.73 Å². The standard InChI is InChI=1S/C23H14F6N6O/c1-10-7-15(12-3-2-4-13-17(12)18(10)34-20(13)30)35-19(23(27,28)29)14(9-32-35)21(36)33-11-5-6-31-16(8-11)22(24,25)26/h2-9H,1H3,(H2,30,34)(H,31,33,36). The predicted octanol–water partition coefficient (Wildman–Crippen LogP) is 5.37. The lowest BCUT2D eigenvalue weighted by atomic mass is 9.99. The number of aliphatic imine (C=N–C) groups is 1. The Hall–Kier alpha value is -4.42. The van der Waals surface area contributed by atoms with Gasteiger partial charge in [-0.3, -0.25) is 9.78 Å². The summed E-state index contributed by atoms with van der Waals surface area (Å²) in [5.74, 6) is -1.06. The summed E-state index contributed by atoms with van der Waals surface area (Å²) in [6.45, 7) is 1.66. The Labute approximate surface area is 198 Å². The molecule has 13 heteroatoms. The van der Waals surface area contributed by atoms with Crippen LogP contribution in [0.1, 0.15) is 32.9 Å². The molecular formula is C23H14F6N6O. The molecule has 0 aliphatic carbocycles. The van der Waals surface area contributed by atoms with Crippen LogP contribution >= 0.6 is 0 Å². The van der Waals surface area contributed by atoms with Crippen molar-refractivity contribution in [2.75, 3.05) is 5.32 Å². The second kappa shape index (κ2) is 7.80. The Morgan fingerprint density at radius 3 is 2.50 bits per heavy atom. The van der Waals surface area contributed by atoms with Crippen LogP contribution in [0, 0.1) is 6.92 Å². The van der Waals surface area contributed by atoms with E-state index in [0.717, 1.165) is 12.3 Å². The molecule has 1 aliphatic rings. The molecule has 5 rings (SSSR count). The number of aromatic nitrogens is 3. The minimum atomic E-state index is -5.04. The van der Waals surface area contributed by atoms with Gasteiger partial charge in [-0.1, -0.05) is 18.2 Å². The van der Waals surface area contributed by atoms with Gasteiger partial charge in [0.15, 0.2) is 5.69 Å². The van der Waals surface area contributed by atoms with Crippen LogP contribution < -0.4 is 11.1 Å². The van der Waals surface area contributed by atoms with Gasteiger partial charge in [0.05, 0.1) is 23.1 Å². The maximum atomic E-state index is 14.2. The number of anilines is 1. The molecule has 2 aromatic carbocycles. The smallest absolute Gasteiger partial charge is 0.383 e. The van der Waals surface area contributed by atoms with E-state index in [9.17, 15) is 31.1 Å². The van der Waals surface area contributed by atoms with Crippen LogP contribution in [0.15, 0.2) is 53.8 Å². The molecule has 36 heavy (non-hydrogen) atoms. The number of pyridine rings is 1. The van der Waals surface area contributed by atoms with Gasteiger partial charge in [0.2, 0.25) is 0 Å². The molecule has 0 bridgehead atoms. The number of halogens is 6. The number of alkyl halides is 6. The van der Waals surface area contributed by atoms with Crippen molar-refractivity contribution in [1.82, 2.24) is 14.8 Å². The molecular weight excluding hydrogens is 490 g/mol. The van der Waals surface area contributed by atoms with Crippen molar-refractivity contribution in [1.29, 1.82) is 0 Å². The third-order valence-corrected chi connectivity index (χ3v) is 5.63. The summed E-state index contributed by atoms with van der Waals surface area (Å²) in [7, 11) is 0. The average Bonchev–Trinajstić information content (AvgIpc) is 3.39. The van der Waals surface area contributed by atoms with Gasteiger partial charge in [-0.2, -0.15) is 31.4 Å². The number of amides is 1. The number of nitrogens with two attached hydrogens (primary N) is 1. The first-order valence-electron chi connectivity index (χ1n) is 10.3. The largest absolute Gasteiger partial charge is 0.434 e. The van der Waals surface area contributed by atoms with E-state index in [2.05, 4.69) is 20.4 Å². The fourth-order valence-electron chi connectivity index (χ4n) is 4.11. The number of hydrogen-bond donors (Lipinski definition) is 2. The van der Waals surface area contributed by atoms with Crippen molar-refractivity contribution in [3.63, 3.8) is 0 Å². The summed E-state index contributed by atoms with van der Waals surface area (Å²) >= 11 is 0. The zero-order valence-corrected chi connectivity index (χ0v) is 18.2. The van der Waals surface area contributed by atoms with Crippen LogP contribution in [0.3, 0.4) is 0 Å². The van der Waals surface area contributed by atoms with Gasteiger partial charge in [-0.15, -0.1) is 0 Å². The van der Waals surface area contributed by atoms with Crippen LogP contribution in [0.5, 0.6) is 0 Å². The minimum absolute atomic E-state index is 0.0349. The molecule has 0 saturated carbocycles. The van der Waals surface area contributed by atoms with E-state index in [-0.39, 0.29) is 17.2 Å². The number of hydrogen-bond acceptors (Lipinski definition) is 5. The van der Waals surface area contributed by atoms with Crippen LogP contribution in [-0.4, -0.2) is 26.5 Å². The summed E-state index contributed by atoms with van der Waals surface area (Å²) in [4.78, 5) is 20.2. The van der Waals surface area contributed by atoms with E-state index in [1.807, 2.05) is 0 Å². The molecule has 0 unspecified atom stereocenters. The summed E-state index contributed by atoms with van der Waals surface area (Å²) in [6.07, 6.45) is -8.34. The molecule has 0 radical (unpaired) electrons. The van der Waals surface area contributed by atoms with Crippen LogP contribution in [-0.2, 0) is 12.4 Å². The number of carbonyl (C=O) groups is 1. The first-order chi connectivity index (χ1) is 16.9. The van der Waals surface area contributed by atoms with Gasteiger partial charge in [0.25, 0.3) is 5.91 Å². The van der Waals surface area contributed by atoms with E-state index in [0.29, 0.717) is 44.5 Å². The molecule has 4 aromatic rings. The molecule has 0 spiro atoms. The van der Waals surface area contributed by atoms with E-state index >= 15 is 0 Å². The SMILES string of the molecule is Cc1cc(-n2ncc(C(=O)Nc3ccnc(C(F)(F)F)c3)c2C(F)(F)F)c2cccc3c2c1N=C3N. The zero-order chi connectivity index (χ0) is 26.0. The lowest BCUT2D eigenvalue weighted by molar-refractivity contribution is -0.143. The van der Waals surface area contributed by atoms with E-state index in [1.165, 1.54) is 6.07 Å². The molecule has 0 atom stereocenters. The summed E-state index contributed by atoms with van der Waals surface area (Å²) in [6, 6.07) is 7.89. The lowest BCUT2D eigenvalue weighted by Gasteiger charge is -2.16. The molecule has 0 fully saturated rings. The lowest BCUT2D eigenvalue weighted by Crippen LogP contribution is -2.21. The summed E-state index contributed by atoms with van der Waals surface area (Å²) in [5.41, 5.74) is 3.68. The van der Waals surface area contributed by atoms with Crippen molar-refractivity contribution in [3.8, 4) is 5.69 Å². The van der Waals surface area contributed by atoms with Gasteiger partial charge >= 0.3 is 12.4 Å². The minimum Gasteiger partial charge on any atom is -0.383 e. The monoisotopic (exact) mass is 504 g/mol. The summed E-state index contributed by atoms with van der Waals surface area (Å²) < 4.78 is 82.1. The normalized spacial score (nSPS) is 13.2. The van der Waals surface area contributed by atoms with Crippen LogP contribution in [0.2, 0.25) is 0 Å². The summed E-state index contributed by atoms with van der Waals surface area (Å²) in [5, 5.41) is 6.83. The molecule has 2 aromatic heterocycles. The Balaban J connectivity index is 1.63. The van der Waals surface area contributed by atoms with Gasteiger partial charge in [-0.05, 0) is 30.7 Å². The molecule has 1 aliphatic heterocycles. The van der Waals surface area contributed by atoms with E-state index < -0.39 is 35.2 Å². The van der Waals surface area contributed by atoms with Gasteiger partial charge in [-0.25, -0.2) is 9.67 Å². The third kappa shape index (κ3) is 3.72. The van der Waals surface area contributed by atoms with Crippen molar-refractivity contribution >= 4 is 33.9 Å². The highest BCUT2D eigenvalue weighted by Gasteiger charge is 2.41.